The Kier molecular flexibility index (Phi) is 3.54. The van der Waals surface area contributed by atoms with Crippen molar-refractivity contribution in [1.82, 2.24) is 14.7 Å². The first kappa shape index (κ1) is 12.6. The number of likely N-dealkylation sites (tertiary alicyclic amines) is 1. The van der Waals surface area contributed by atoms with Crippen LogP contribution in [-0.4, -0.2) is 33.8 Å². The molecule has 2 unspecified atom stereocenters. The Labute approximate surface area is 104 Å². The number of hydrogen-bond donors (Lipinski definition) is 1. The van der Waals surface area contributed by atoms with Gasteiger partial charge in [0.15, 0.2) is 0 Å². The minimum absolute atomic E-state index is 0.337. The second-order valence-corrected chi connectivity index (χ2v) is 5.28. The average Bonchev–Trinajstić information content (AvgIpc) is 2.52. The van der Waals surface area contributed by atoms with E-state index in [0.717, 1.165) is 25.2 Å². The number of aryl methyl sites for hydroxylation is 2. The van der Waals surface area contributed by atoms with E-state index < -0.39 is 0 Å². The van der Waals surface area contributed by atoms with E-state index in [2.05, 4.69) is 30.8 Å². The molecule has 2 N–H and O–H groups in total. The van der Waals surface area contributed by atoms with Gasteiger partial charge in [0.1, 0.15) is 0 Å². The Morgan fingerprint density at radius 3 is 2.65 bits per heavy atom. The zero-order valence-corrected chi connectivity index (χ0v) is 11.4. The first-order valence-electron chi connectivity index (χ1n) is 6.50. The molecule has 1 aromatic heterocycles. The molecule has 2 heterocycles. The van der Waals surface area contributed by atoms with Crippen LogP contribution in [0, 0.1) is 13.8 Å². The molecule has 4 heteroatoms. The minimum Gasteiger partial charge on any atom is -0.327 e. The van der Waals surface area contributed by atoms with Crippen molar-refractivity contribution in [3.63, 3.8) is 0 Å². The maximum absolute atomic E-state index is 6.06. The molecule has 0 spiro atoms. The lowest BCUT2D eigenvalue weighted by atomic mass is 10.00. The van der Waals surface area contributed by atoms with Crippen LogP contribution in [0.5, 0.6) is 0 Å². The maximum atomic E-state index is 6.06. The van der Waals surface area contributed by atoms with Crippen LogP contribution in [-0.2, 0) is 7.05 Å². The molecule has 0 amide bonds. The van der Waals surface area contributed by atoms with Gasteiger partial charge in [-0.1, -0.05) is 0 Å². The first-order chi connectivity index (χ1) is 8.00. The van der Waals surface area contributed by atoms with E-state index in [-0.39, 0.29) is 0 Å². The Balaban J connectivity index is 2.21. The van der Waals surface area contributed by atoms with E-state index in [4.69, 9.17) is 5.73 Å². The van der Waals surface area contributed by atoms with Gasteiger partial charge in [0.05, 0.1) is 5.69 Å². The summed E-state index contributed by atoms with van der Waals surface area (Å²) in [6, 6.07) is 0.763. The van der Waals surface area contributed by atoms with Gasteiger partial charge in [-0.25, -0.2) is 0 Å². The fourth-order valence-electron chi connectivity index (χ4n) is 2.97. The fraction of sp³-hybridized carbons (Fsp3) is 0.769. The summed E-state index contributed by atoms with van der Waals surface area (Å²) in [6.07, 6.45) is 2.37. The number of piperidine rings is 1. The summed E-state index contributed by atoms with van der Waals surface area (Å²) in [5, 5.41) is 4.50. The molecule has 17 heavy (non-hydrogen) atoms. The second kappa shape index (κ2) is 4.78. The van der Waals surface area contributed by atoms with Crippen molar-refractivity contribution in [2.24, 2.45) is 12.8 Å². The molecule has 1 saturated heterocycles. The molecule has 0 aliphatic carbocycles. The highest BCUT2D eigenvalue weighted by molar-refractivity contribution is 5.27. The van der Waals surface area contributed by atoms with E-state index in [9.17, 15) is 0 Å². The van der Waals surface area contributed by atoms with Crippen molar-refractivity contribution in [3.8, 4) is 0 Å². The Bertz CT molecular complexity index is 396. The molecule has 0 aromatic carbocycles. The molecule has 0 radical (unpaired) electrons. The van der Waals surface area contributed by atoms with Crippen LogP contribution in [0.1, 0.15) is 42.8 Å². The Morgan fingerprint density at radius 2 is 2.12 bits per heavy atom. The van der Waals surface area contributed by atoms with Crippen molar-refractivity contribution in [3.05, 3.63) is 17.0 Å². The van der Waals surface area contributed by atoms with Gasteiger partial charge >= 0.3 is 0 Å². The molecule has 0 saturated carbocycles. The van der Waals surface area contributed by atoms with E-state index in [1.54, 1.807) is 0 Å². The van der Waals surface area contributed by atoms with Crippen LogP contribution in [0.15, 0.2) is 0 Å². The molecular weight excluding hydrogens is 212 g/mol. The highest BCUT2D eigenvalue weighted by atomic mass is 15.3. The average molecular weight is 236 g/mol. The second-order valence-electron chi connectivity index (χ2n) is 5.28. The van der Waals surface area contributed by atoms with Crippen molar-refractivity contribution in [1.29, 1.82) is 0 Å². The lowest BCUT2D eigenvalue weighted by Gasteiger charge is -2.35. The van der Waals surface area contributed by atoms with E-state index >= 15 is 0 Å². The predicted octanol–water partition coefficient (Wildman–Crippen LogP) is 1.52. The third-order valence-electron chi connectivity index (χ3n) is 4.02. The lowest BCUT2D eigenvalue weighted by molar-refractivity contribution is 0.159. The van der Waals surface area contributed by atoms with Crippen molar-refractivity contribution in [2.45, 2.75) is 45.7 Å². The van der Waals surface area contributed by atoms with Gasteiger partial charge in [-0.3, -0.25) is 9.58 Å². The molecule has 2 atom stereocenters. The Hall–Kier alpha value is -0.870. The SMILES string of the molecule is Cc1nn(C)c(C)c1C(C)N1CCCC(N)C1. The number of rotatable bonds is 2. The summed E-state index contributed by atoms with van der Waals surface area (Å²) in [5.74, 6) is 0. The quantitative estimate of drug-likeness (QED) is 0.847. The zero-order chi connectivity index (χ0) is 12.6. The van der Waals surface area contributed by atoms with Crippen molar-refractivity contribution < 1.29 is 0 Å². The van der Waals surface area contributed by atoms with Crippen molar-refractivity contribution in [2.75, 3.05) is 13.1 Å². The summed E-state index contributed by atoms with van der Waals surface area (Å²) >= 11 is 0. The Morgan fingerprint density at radius 1 is 1.41 bits per heavy atom. The molecule has 1 aliphatic heterocycles. The summed E-state index contributed by atoms with van der Waals surface area (Å²) < 4.78 is 1.98. The highest BCUT2D eigenvalue weighted by Gasteiger charge is 2.25. The summed E-state index contributed by atoms with van der Waals surface area (Å²) in [5.41, 5.74) is 9.86. The van der Waals surface area contributed by atoms with Gasteiger partial charge < -0.3 is 5.73 Å². The zero-order valence-electron chi connectivity index (χ0n) is 11.4. The monoisotopic (exact) mass is 236 g/mol. The summed E-state index contributed by atoms with van der Waals surface area (Å²) in [7, 11) is 2.01. The number of aromatic nitrogens is 2. The van der Waals surface area contributed by atoms with Crippen LogP contribution in [0.2, 0.25) is 0 Å². The van der Waals surface area contributed by atoms with Gasteiger partial charge in [0.2, 0.25) is 0 Å². The molecular formula is C13H24N4. The van der Waals surface area contributed by atoms with Gasteiger partial charge in [-0.2, -0.15) is 5.10 Å². The summed E-state index contributed by atoms with van der Waals surface area (Å²) in [4.78, 5) is 2.49. The molecule has 4 nitrogen and oxygen atoms in total. The number of hydrogen-bond acceptors (Lipinski definition) is 3. The fourth-order valence-corrected chi connectivity index (χ4v) is 2.97. The topological polar surface area (TPSA) is 47.1 Å². The standard InChI is InChI=1S/C13H24N4/c1-9-13(10(2)16(4)15-9)11(3)17-7-5-6-12(14)8-17/h11-12H,5-8,14H2,1-4H3. The normalized spacial score (nSPS) is 23.9. The van der Waals surface area contributed by atoms with Gasteiger partial charge in [0.25, 0.3) is 0 Å². The van der Waals surface area contributed by atoms with Crippen LogP contribution < -0.4 is 5.73 Å². The smallest absolute Gasteiger partial charge is 0.0644 e. The summed E-state index contributed by atoms with van der Waals surface area (Å²) in [6.45, 7) is 8.69. The molecule has 1 aromatic rings. The number of nitrogens with two attached hydrogens (primary N) is 1. The van der Waals surface area contributed by atoms with Crippen LogP contribution in [0.3, 0.4) is 0 Å². The lowest BCUT2D eigenvalue weighted by Crippen LogP contribution is -2.44. The molecule has 1 fully saturated rings. The maximum Gasteiger partial charge on any atom is 0.0644 e. The molecule has 2 rings (SSSR count). The van der Waals surface area contributed by atoms with Crippen LogP contribution >= 0.6 is 0 Å². The van der Waals surface area contributed by atoms with E-state index in [1.165, 1.54) is 17.7 Å². The molecule has 0 bridgehead atoms. The largest absolute Gasteiger partial charge is 0.327 e. The molecule has 1 aliphatic rings. The van der Waals surface area contributed by atoms with E-state index in [1.807, 2.05) is 11.7 Å². The minimum atomic E-state index is 0.337. The van der Waals surface area contributed by atoms with Crippen LogP contribution in [0.4, 0.5) is 0 Å². The molecule has 96 valence electrons. The third-order valence-corrected chi connectivity index (χ3v) is 4.02. The van der Waals surface area contributed by atoms with Crippen molar-refractivity contribution >= 4 is 0 Å². The van der Waals surface area contributed by atoms with Gasteiger partial charge in [-0.15, -0.1) is 0 Å². The van der Waals surface area contributed by atoms with E-state index in [0.29, 0.717) is 12.1 Å². The number of nitrogens with zero attached hydrogens (tertiary/aromatic N) is 3. The third kappa shape index (κ3) is 2.38. The first-order valence-corrected chi connectivity index (χ1v) is 6.50. The van der Waals surface area contributed by atoms with Gasteiger partial charge in [0, 0.05) is 36.9 Å². The van der Waals surface area contributed by atoms with Crippen LogP contribution in [0.25, 0.3) is 0 Å². The van der Waals surface area contributed by atoms with Gasteiger partial charge in [-0.05, 0) is 40.2 Å². The highest BCUT2D eigenvalue weighted by Crippen LogP contribution is 2.28. The predicted molar refractivity (Wildman–Crippen MR) is 69.9 cm³/mol.